The van der Waals surface area contributed by atoms with E-state index >= 15 is 0 Å². The van der Waals surface area contributed by atoms with Crippen molar-refractivity contribution in [2.75, 3.05) is 12.0 Å². The molecular formula is C26H24N4O3S. The van der Waals surface area contributed by atoms with E-state index < -0.39 is 6.04 Å². The molecule has 0 saturated heterocycles. The lowest BCUT2D eigenvalue weighted by molar-refractivity contribution is 0.244. The predicted molar refractivity (Wildman–Crippen MR) is 133 cm³/mol. The number of hydrogen-bond acceptors (Lipinski definition) is 6. The third-order valence-corrected chi connectivity index (χ3v) is 6.77. The molecule has 5 rings (SSSR count). The molecule has 0 aliphatic carbocycles. The van der Waals surface area contributed by atoms with Crippen LogP contribution in [-0.2, 0) is 6.42 Å². The first-order valence-corrected chi connectivity index (χ1v) is 11.9. The molecule has 0 fully saturated rings. The van der Waals surface area contributed by atoms with Crippen molar-refractivity contribution in [3.8, 4) is 16.5 Å². The Bertz CT molecular complexity index is 1340. The third kappa shape index (κ3) is 3.97. The van der Waals surface area contributed by atoms with Gasteiger partial charge in [0.15, 0.2) is 0 Å². The zero-order chi connectivity index (χ0) is 23.7. The van der Waals surface area contributed by atoms with Crippen LogP contribution in [0.3, 0.4) is 0 Å². The third-order valence-electron chi connectivity index (χ3n) is 5.91. The number of carbonyl (C=O) groups excluding carboxylic acids is 1. The number of ether oxygens (including phenoxy) is 1. The summed E-state index contributed by atoms with van der Waals surface area (Å²) >= 11 is 1.54. The van der Waals surface area contributed by atoms with Crippen molar-refractivity contribution in [1.82, 2.24) is 15.5 Å². The summed E-state index contributed by atoms with van der Waals surface area (Å²) < 4.78 is 11.0. The molecular weight excluding hydrogens is 448 g/mol. The van der Waals surface area contributed by atoms with Gasteiger partial charge in [0.2, 0.25) is 5.82 Å². The first-order valence-electron chi connectivity index (χ1n) is 11.0. The number of anilines is 1. The highest BCUT2D eigenvalue weighted by Crippen LogP contribution is 2.39. The van der Waals surface area contributed by atoms with Crippen molar-refractivity contribution in [3.63, 3.8) is 0 Å². The second-order valence-electron chi connectivity index (χ2n) is 7.91. The molecule has 4 aromatic rings. The highest BCUT2D eigenvalue weighted by molar-refractivity contribution is 7.13. The molecule has 8 heteroatoms. The molecule has 1 unspecified atom stereocenters. The van der Waals surface area contributed by atoms with Crippen molar-refractivity contribution in [3.05, 3.63) is 88.8 Å². The number of hydrogen-bond donors (Lipinski definition) is 1. The molecule has 0 bridgehead atoms. The van der Waals surface area contributed by atoms with Crippen molar-refractivity contribution in [1.29, 1.82) is 0 Å². The number of methoxy groups -OCH3 is 1. The maximum absolute atomic E-state index is 13.4. The van der Waals surface area contributed by atoms with Gasteiger partial charge in [-0.25, -0.2) is 4.79 Å². The Morgan fingerprint density at radius 1 is 1.15 bits per heavy atom. The normalized spacial score (nSPS) is 16.0. The van der Waals surface area contributed by atoms with E-state index in [1.54, 1.807) is 23.3 Å². The van der Waals surface area contributed by atoms with E-state index in [1.807, 2.05) is 66.9 Å². The van der Waals surface area contributed by atoms with Crippen molar-refractivity contribution >= 4 is 28.6 Å². The fourth-order valence-corrected chi connectivity index (χ4v) is 4.78. The van der Waals surface area contributed by atoms with E-state index in [-0.39, 0.29) is 6.03 Å². The average Bonchev–Trinajstić information content (AvgIpc) is 3.56. The van der Waals surface area contributed by atoms with Gasteiger partial charge in [0.25, 0.3) is 5.89 Å². The Labute approximate surface area is 201 Å². The second-order valence-corrected chi connectivity index (χ2v) is 8.86. The van der Waals surface area contributed by atoms with Gasteiger partial charge in [0.05, 0.1) is 29.3 Å². The zero-order valence-corrected chi connectivity index (χ0v) is 19.9. The first kappa shape index (κ1) is 21.9. The van der Waals surface area contributed by atoms with E-state index in [0.29, 0.717) is 11.7 Å². The van der Waals surface area contributed by atoms with Crippen LogP contribution in [-0.4, -0.2) is 23.3 Å². The van der Waals surface area contributed by atoms with E-state index in [9.17, 15) is 4.79 Å². The minimum absolute atomic E-state index is 0.215. The van der Waals surface area contributed by atoms with Crippen LogP contribution in [0.1, 0.15) is 36.9 Å². The summed E-state index contributed by atoms with van der Waals surface area (Å²) in [5.74, 6) is 1.64. The minimum atomic E-state index is -0.458. The van der Waals surface area contributed by atoms with Crippen LogP contribution in [0.15, 0.2) is 76.3 Å². The van der Waals surface area contributed by atoms with Gasteiger partial charge >= 0.3 is 6.03 Å². The van der Waals surface area contributed by atoms with Crippen molar-refractivity contribution < 1.29 is 14.1 Å². The van der Waals surface area contributed by atoms with Crippen LogP contribution in [0, 0.1) is 0 Å². The van der Waals surface area contributed by atoms with Gasteiger partial charge in [-0.05, 0) is 60.2 Å². The van der Waals surface area contributed by atoms with Crippen LogP contribution in [0.5, 0.6) is 5.75 Å². The SMILES string of the molecule is CCc1cccc(N2C(=O)NC(c3ccc(OC)cc3)C(c3nc(-c4cccs4)no3)=C2C)c1. The maximum Gasteiger partial charge on any atom is 0.326 e. The predicted octanol–water partition coefficient (Wildman–Crippen LogP) is 6.07. The number of rotatable bonds is 6. The number of nitrogens with one attached hydrogen (secondary N) is 1. The summed E-state index contributed by atoms with van der Waals surface area (Å²) in [5.41, 5.74) is 4.32. The Hall–Kier alpha value is -3.91. The molecule has 0 saturated carbocycles. The molecule has 3 heterocycles. The summed E-state index contributed by atoms with van der Waals surface area (Å²) in [6, 6.07) is 18.8. The van der Waals surface area contributed by atoms with Gasteiger partial charge in [0, 0.05) is 5.70 Å². The molecule has 1 atom stereocenters. The highest BCUT2D eigenvalue weighted by Gasteiger charge is 2.36. The Morgan fingerprint density at radius 3 is 2.68 bits per heavy atom. The molecule has 0 spiro atoms. The molecule has 1 aliphatic rings. The molecule has 1 N–H and O–H groups in total. The van der Waals surface area contributed by atoms with Gasteiger partial charge in [0.1, 0.15) is 5.75 Å². The summed E-state index contributed by atoms with van der Waals surface area (Å²) in [6.45, 7) is 4.01. The van der Waals surface area contributed by atoms with Crippen molar-refractivity contribution in [2.45, 2.75) is 26.3 Å². The molecule has 34 heavy (non-hydrogen) atoms. The van der Waals surface area contributed by atoms with Gasteiger partial charge < -0.3 is 14.6 Å². The van der Waals surface area contributed by atoms with Crippen LogP contribution in [0.2, 0.25) is 0 Å². The van der Waals surface area contributed by atoms with Crippen molar-refractivity contribution in [2.24, 2.45) is 0 Å². The maximum atomic E-state index is 13.4. The van der Waals surface area contributed by atoms with Gasteiger partial charge in [-0.3, -0.25) is 4.90 Å². The largest absolute Gasteiger partial charge is 0.497 e. The van der Waals surface area contributed by atoms with E-state index in [1.165, 1.54) is 0 Å². The topological polar surface area (TPSA) is 80.5 Å². The molecule has 2 aromatic heterocycles. The standard InChI is InChI=1S/C26H24N4O3S/c1-4-17-7-5-8-19(15-17)30-16(2)22(25-28-24(29-33-25)21-9-6-14-34-21)23(27-26(30)31)18-10-12-20(32-3)13-11-18/h5-15,23H,4H2,1-3H3,(H,27,31). The highest BCUT2D eigenvalue weighted by atomic mass is 32.1. The second kappa shape index (κ2) is 9.15. The number of thiophene rings is 1. The Morgan fingerprint density at radius 2 is 1.97 bits per heavy atom. The Balaban J connectivity index is 1.65. The minimum Gasteiger partial charge on any atom is -0.497 e. The smallest absolute Gasteiger partial charge is 0.326 e. The lowest BCUT2D eigenvalue weighted by Crippen LogP contribution is -2.46. The number of urea groups is 1. The molecule has 0 radical (unpaired) electrons. The Kier molecular flexibility index (Phi) is 5.90. The quantitative estimate of drug-likeness (QED) is 0.368. The monoisotopic (exact) mass is 472 g/mol. The number of aryl methyl sites for hydroxylation is 1. The number of carbonyl (C=O) groups is 1. The number of aromatic nitrogens is 2. The average molecular weight is 473 g/mol. The summed E-state index contributed by atoms with van der Waals surface area (Å²) in [4.78, 5) is 20.7. The van der Waals surface area contributed by atoms with E-state index in [0.717, 1.165) is 45.1 Å². The fraction of sp³-hybridized carbons (Fsp3) is 0.192. The summed E-state index contributed by atoms with van der Waals surface area (Å²) in [5, 5.41) is 9.32. The fourth-order valence-electron chi connectivity index (χ4n) is 4.13. The molecule has 2 amide bonds. The van der Waals surface area contributed by atoms with Crippen LogP contribution >= 0.6 is 11.3 Å². The zero-order valence-electron chi connectivity index (χ0n) is 19.1. The van der Waals surface area contributed by atoms with Gasteiger partial charge in [-0.1, -0.05) is 42.4 Å². The lowest BCUT2D eigenvalue weighted by atomic mass is 9.94. The van der Waals surface area contributed by atoms with Gasteiger partial charge in [-0.15, -0.1) is 11.3 Å². The van der Waals surface area contributed by atoms with Crippen LogP contribution in [0.4, 0.5) is 10.5 Å². The van der Waals surface area contributed by atoms with Gasteiger partial charge in [-0.2, -0.15) is 4.98 Å². The van der Waals surface area contributed by atoms with Crippen LogP contribution in [0.25, 0.3) is 16.3 Å². The molecule has 172 valence electrons. The molecule has 2 aromatic carbocycles. The number of amides is 2. The number of allylic oxidation sites excluding steroid dienone is 1. The van der Waals surface area contributed by atoms with E-state index in [2.05, 4.69) is 23.5 Å². The lowest BCUT2D eigenvalue weighted by Gasteiger charge is -2.35. The number of nitrogens with zero attached hydrogens (tertiary/aromatic N) is 3. The molecule has 1 aliphatic heterocycles. The summed E-state index contributed by atoms with van der Waals surface area (Å²) in [6.07, 6.45) is 0.876. The number of benzene rings is 2. The first-order chi connectivity index (χ1) is 16.6. The van der Waals surface area contributed by atoms with Crippen LogP contribution < -0.4 is 15.0 Å². The van der Waals surface area contributed by atoms with E-state index in [4.69, 9.17) is 14.2 Å². The summed E-state index contributed by atoms with van der Waals surface area (Å²) in [7, 11) is 1.62. The molecule has 7 nitrogen and oxygen atoms in total.